The zero-order chi connectivity index (χ0) is 12.1. The van der Waals surface area contributed by atoms with Crippen LogP contribution in [0.25, 0.3) is 0 Å². The summed E-state index contributed by atoms with van der Waals surface area (Å²) in [4.78, 5) is 2.64. The van der Waals surface area contributed by atoms with Crippen LogP contribution in [-0.4, -0.2) is 51.3 Å². The number of hydrogen-bond acceptors (Lipinski definition) is 3. The van der Waals surface area contributed by atoms with Crippen LogP contribution in [0.3, 0.4) is 0 Å². The molecule has 1 aliphatic heterocycles. The van der Waals surface area contributed by atoms with Crippen molar-refractivity contribution in [2.45, 2.75) is 32.6 Å². The van der Waals surface area contributed by atoms with Gasteiger partial charge in [0.1, 0.15) is 0 Å². The summed E-state index contributed by atoms with van der Waals surface area (Å²) >= 11 is 0. The molecule has 1 N–H and O–H groups in total. The first-order valence-electron chi connectivity index (χ1n) is 7.23. The third-order valence-electron chi connectivity index (χ3n) is 4.18. The van der Waals surface area contributed by atoms with Crippen LogP contribution in [0.5, 0.6) is 0 Å². The second-order valence-electron chi connectivity index (χ2n) is 5.96. The van der Waals surface area contributed by atoms with Gasteiger partial charge in [0.2, 0.25) is 0 Å². The van der Waals surface area contributed by atoms with Crippen molar-refractivity contribution in [3.63, 3.8) is 0 Å². The minimum Gasteiger partial charge on any atom is -0.381 e. The van der Waals surface area contributed by atoms with E-state index >= 15 is 0 Å². The highest BCUT2D eigenvalue weighted by atomic mass is 16.5. The van der Waals surface area contributed by atoms with Crippen molar-refractivity contribution in [3.8, 4) is 0 Å². The summed E-state index contributed by atoms with van der Waals surface area (Å²) in [5.74, 6) is 0.992. The Hall–Kier alpha value is -0.120. The van der Waals surface area contributed by atoms with E-state index < -0.39 is 0 Å². The van der Waals surface area contributed by atoms with Gasteiger partial charge in [0, 0.05) is 31.7 Å². The minimum absolute atomic E-state index is 0.359. The van der Waals surface area contributed by atoms with Gasteiger partial charge in [-0.1, -0.05) is 6.92 Å². The van der Waals surface area contributed by atoms with Gasteiger partial charge in [0.25, 0.3) is 0 Å². The van der Waals surface area contributed by atoms with Crippen LogP contribution in [0.4, 0.5) is 0 Å². The van der Waals surface area contributed by atoms with Crippen molar-refractivity contribution in [2.24, 2.45) is 11.3 Å². The molecule has 0 amide bonds. The first kappa shape index (κ1) is 13.3. The second kappa shape index (κ2) is 6.17. The molecule has 2 rings (SSSR count). The van der Waals surface area contributed by atoms with Gasteiger partial charge in [0.15, 0.2) is 0 Å². The number of rotatable bonds is 7. The molecule has 0 spiro atoms. The molecule has 3 nitrogen and oxygen atoms in total. The lowest BCUT2D eigenvalue weighted by molar-refractivity contribution is -0.0252. The topological polar surface area (TPSA) is 24.5 Å². The van der Waals surface area contributed by atoms with Crippen molar-refractivity contribution in [3.05, 3.63) is 0 Å². The molecule has 1 atom stereocenters. The van der Waals surface area contributed by atoms with E-state index in [9.17, 15) is 0 Å². The van der Waals surface area contributed by atoms with Gasteiger partial charge in [-0.3, -0.25) is 0 Å². The van der Waals surface area contributed by atoms with Crippen LogP contribution in [0.15, 0.2) is 0 Å². The monoisotopic (exact) mass is 240 g/mol. The number of nitrogens with one attached hydrogen (secondary N) is 1. The Balaban J connectivity index is 1.89. The average Bonchev–Trinajstić information content (AvgIpc) is 3.14. The third-order valence-corrected chi connectivity index (χ3v) is 4.18. The number of hydrogen-bond donors (Lipinski definition) is 1. The van der Waals surface area contributed by atoms with Crippen molar-refractivity contribution in [1.82, 2.24) is 10.2 Å². The van der Waals surface area contributed by atoms with Crippen molar-refractivity contribution in [1.29, 1.82) is 0 Å². The van der Waals surface area contributed by atoms with Crippen LogP contribution >= 0.6 is 0 Å². The molecule has 3 heteroatoms. The molecule has 1 saturated carbocycles. The third kappa shape index (κ3) is 3.94. The molecule has 17 heavy (non-hydrogen) atoms. The number of nitrogens with zero attached hydrogens (tertiary/aromatic N) is 1. The molecular weight excluding hydrogens is 212 g/mol. The standard InChI is InChI=1S/C14H28N2O/c1-3-16(9-13-5-6-13)11-14(10-15-2)7-4-8-17-12-14/h13,15H,3-12H2,1-2H3. The summed E-state index contributed by atoms with van der Waals surface area (Å²) in [6.45, 7) is 8.98. The summed E-state index contributed by atoms with van der Waals surface area (Å²) in [6, 6.07) is 0. The van der Waals surface area contributed by atoms with Gasteiger partial charge >= 0.3 is 0 Å². The fourth-order valence-corrected chi connectivity index (χ4v) is 3.05. The zero-order valence-corrected chi connectivity index (χ0v) is 11.5. The first-order valence-corrected chi connectivity index (χ1v) is 7.23. The quantitative estimate of drug-likeness (QED) is 0.733. The number of ether oxygens (including phenoxy) is 1. The van der Waals surface area contributed by atoms with E-state index in [1.54, 1.807) is 0 Å². The molecule has 0 aromatic heterocycles. The van der Waals surface area contributed by atoms with E-state index in [-0.39, 0.29) is 0 Å². The second-order valence-corrected chi connectivity index (χ2v) is 5.96. The summed E-state index contributed by atoms with van der Waals surface area (Å²) in [6.07, 6.45) is 5.44. The van der Waals surface area contributed by atoms with Crippen molar-refractivity contribution < 1.29 is 4.74 Å². The van der Waals surface area contributed by atoms with E-state index in [2.05, 4.69) is 24.2 Å². The molecule has 1 aliphatic carbocycles. The van der Waals surface area contributed by atoms with Crippen LogP contribution in [-0.2, 0) is 4.74 Å². The molecule has 1 heterocycles. The molecular formula is C14H28N2O. The van der Waals surface area contributed by atoms with Crippen molar-refractivity contribution in [2.75, 3.05) is 46.4 Å². The van der Waals surface area contributed by atoms with E-state index in [1.165, 1.54) is 45.3 Å². The molecule has 0 aromatic rings. The Morgan fingerprint density at radius 3 is 2.76 bits per heavy atom. The van der Waals surface area contributed by atoms with E-state index in [4.69, 9.17) is 4.74 Å². The Morgan fingerprint density at radius 1 is 1.41 bits per heavy atom. The summed E-state index contributed by atoms with van der Waals surface area (Å²) in [5.41, 5.74) is 0.359. The normalized spacial score (nSPS) is 29.8. The zero-order valence-electron chi connectivity index (χ0n) is 11.5. The van der Waals surface area contributed by atoms with Crippen LogP contribution < -0.4 is 5.32 Å². The maximum atomic E-state index is 5.74. The molecule has 2 fully saturated rings. The summed E-state index contributed by atoms with van der Waals surface area (Å²) < 4.78 is 5.74. The molecule has 1 saturated heterocycles. The van der Waals surface area contributed by atoms with E-state index in [1.807, 2.05) is 0 Å². The van der Waals surface area contributed by atoms with Gasteiger partial charge in [-0.05, 0) is 45.2 Å². The maximum Gasteiger partial charge on any atom is 0.0546 e. The molecule has 100 valence electrons. The lowest BCUT2D eigenvalue weighted by Gasteiger charge is -2.40. The minimum atomic E-state index is 0.359. The van der Waals surface area contributed by atoms with E-state index in [0.717, 1.165) is 25.7 Å². The molecule has 0 aromatic carbocycles. The van der Waals surface area contributed by atoms with Gasteiger partial charge in [-0.2, -0.15) is 0 Å². The van der Waals surface area contributed by atoms with Gasteiger partial charge < -0.3 is 15.0 Å². The fourth-order valence-electron chi connectivity index (χ4n) is 3.05. The Kier molecular flexibility index (Phi) is 4.83. The Labute approximate surface area is 106 Å². The van der Waals surface area contributed by atoms with Crippen molar-refractivity contribution >= 4 is 0 Å². The molecule has 2 aliphatic rings. The predicted octanol–water partition coefficient (Wildman–Crippen LogP) is 1.73. The maximum absolute atomic E-state index is 5.74. The summed E-state index contributed by atoms with van der Waals surface area (Å²) in [7, 11) is 2.06. The average molecular weight is 240 g/mol. The lowest BCUT2D eigenvalue weighted by Crippen LogP contribution is -2.48. The molecule has 0 bridgehead atoms. The van der Waals surface area contributed by atoms with Gasteiger partial charge in [-0.25, -0.2) is 0 Å². The Morgan fingerprint density at radius 2 is 2.24 bits per heavy atom. The Bertz CT molecular complexity index is 217. The fraction of sp³-hybridized carbons (Fsp3) is 1.00. The first-order chi connectivity index (χ1) is 8.28. The smallest absolute Gasteiger partial charge is 0.0546 e. The van der Waals surface area contributed by atoms with Crippen LogP contribution in [0.1, 0.15) is 32.6 Å². The lowest BCUT2D eigenvalue weighted by atomic mass is 9.81. The van der Waals surface area contributed by atoms with E-state index in [0.29, 0.717) is 5.41 Å². The largest absolute Gasteiger partial charge is 0.381 e. The SMILES string of the molecule is CCN(CC1CC1)CC1(CNC)CCCOC1. The van der Waals surface area contributed by atoms with Crippen LogP contribution in [0.2, 0.25) is 0 Å². The van der Waals surface area contributed by atoms with Gasteiger partial charge in [0.05, 0.1) is 6.61 Å². The highest BCUT2D eigenvalue weighted by Gasteiger charge is 2.35. The summed E-state index contributed by atoms with van der Waals surface area (Å²) in [5, 5.41) is 3.37. The predicted molar refractivity (Wildman–Crippen MR) is 71.3 cm³/mol. The molecule has 1 unspecified atom stereocenters. The van der Waals surface area contributed by atoms with Crippen LogP contribution in [0, 0.1) is 11.3 Å². The van der Waals surface area contributed by atoms with Gasteiger partial charge in [-0.15, -0.1) is 0 Å². The molecule has 0 radical (unpaired) electrons. The highest BCUT2D eigenvalue weighted by molar-refractivity contribution is 4.88. The highest BCUT2D eigenvalue weighted by Crippen LogP contribution is 2.33.